The highest BCUT2D eigenvalue weighted by Crippen LogP contribution is 2.39. The first-order valence-corrected chi connectivity index (χ1v) is 11.1. The number of benzene rings is 2. The minimum atomic E-state index is -3.58. The van der Waals surface area contributed by atoms with E-state index in [1.165, 1.54) is 6.07 Å². The maximum atomic E-state index is 14.4. The number of hydrogen-bond acceptors (Lipinski definition) is 3. The Morgan fingerprint density at radius 3 is 2.43 bits per heavy atom. The normalized spacial score (nSPS) is 15.4. The van der Waals surface area contributed by atoms with Gasteiger partial charge in [0.2, 0.25) is 10.0 Å². The molecule has 2 atom stereocenters. The second kappa shape index (κ2) is 7.39. The lowest BCUT2D eigenvalue weighted by Gasteiger charge is -2.39. The molecule has 0 fully saturated rings. The number of aromatic nitrogens is 1. The van der Waals surface area contributed by atoms with Crippen molar-refractivity contribution in [2.24, 2.45) is 0 Å². The molecule has 150 valence electrons. The lowest BCUT2D eigenvalue weighted by Crippen LogP contribution is -2.43. The summed E-state index contributed by atoms with van der Waals surface area (Å²) in [5.74, 6) is -0.578. The summed E-state index contributed by atoms with van der Waals surface area (Å²) in [5.41, 5.74) is 0.559. The van der Waals surface area contributed by atoms with E-state index in [2.05, 4.69) is 4.72 Å². The molecule has 3 aromatic rings. The van der Waals surface area contributed by atoms with Crippen LogP contribution in [0.4, 0.5) is 10.1 Å². The minimum absolute atomic E-state index is 0.156. The molecule has 1 aromatic heterocycles. The SMILES string of the molecule is CCC(c1ccc(Cl)cc1)(C(C)O)n1ccc2c(NS(C)(=O)=O)cc(F)cc21. The van der Waals surface area contributed by atoms with E-state index in [-0.39, 0.29) is 5.69 Å². The second-order valence-corrected chi connectivity index (χ2v) is 9.09. The molecular weight excluding hydrogens is 403 g/mol. The van der Waals surface area contributed by atoms with Crippen LogP contribution in [-0.2, 0) is 15.6 Å². The van der Waals surface area contributed by atoms with Crippen LogP contribution in [-0.4, -0.2) is 30.5 Å². The third-order valence-electron chi connectivity index (χ3n) is 5.07. The smallest absolute Gasteiger partial charge is 0.229 e. The zero-order valence-electron chi connectivity index (χ0n) is 15.8. The van der Waals surface area contributed by atoms with Gasteiger partial charge in [-0.05, 0) is 49.2 Å². The fourth-order valence-electron chi connectivity index (χ4n) is 3.83. The highest BCUT2D eigenvalue weighted by atomic mass is 35.5. The molecule has 0 aliphatic carbocycles. The molecule has 0 saturated heterocycles. The fourth-order valence-corrected chi connectivity index (χ4v) is 4.52. The minimum Gasteiger partial charge on any atom is -0.391 e. The highest BCUT2D eigenvalue weighted by molar-refractivity contribution is 7.92. The largest absolute Gasteiger partial charge is 0.391 e. The number of anilines is 1. The van der Waals surface area contributed by atoms with E-state index in [0.717, 1.165) is 17.9 Å². The van der Waals surface area contributed by atoms with Crippen molar-refractivity contribution in [2.45, 2.75) is 31.9 Å². The van der Waals surface area contributed by atoms with Crippen molar-refractivity contribution < 1.29 is 17.9 Å². The van der Waals surface area contributed by atoms with Crippen LogP contribution in [0.15, 0.2) is 48.7 Å². The van der Waals surface area contributed by atoms with Gasteiger partial charge in [-0.15, -0.1) is 0 Å². The molecule has 1 heterocycles. The summed E-state index contributed by atoms with van der Waals surface area (Å²) in [7, 11) is -3.58. The number of rotatable bonds is 6. The average molecular weight is 425 g/mol. The van der Waals surface area contributed by atoms with Gasteiger partial charge in [0.25, 0.3) is 0 Å². The summed E-state index contributed by atoms with van der Waals surface area (Å²) in [6.45, 7) is 3.61. The third-order valence-corrected chi connectivity index (χ3v) is 5.91. The first-order valence-electron chi connectivity index (χ1n) is 8.81. The quantitative estimate of drug-likeness (QED) is 0.618. The monoisotopic (exact) mass is 424 g/mol. The van der Waals surface area contributed by atoms with Crippen LogP contribution >= 0.6 is 11.6 Å². The average Bonchev–Trinajstić information content (AvgIpc) is 3.00. The second-order valence-electron chi connectivity index (χ2n) is 6.91. The fraction of sp³-hybridized carbons (Fsp3) is 0.300. The molecule has 0 bridgehead atoms. The summed E-state index contributed by atoms with van der Waals surface area (Å²) in [6, 6.07) is 11.3. The summed E-state index contributed by atoms with van der Waals surface area (Å²) in [6.07, 6.45) is 2.45. The van der Waals surface area contributed by atoms with Crippen molar-refractivity contribution in [3.8, 4) is 0 Å². The first-order chi connectivity index (χ1) is 13.1. The van der Waals surface area contributed by atoms with E-state index in [1.54, 1.807) is 35.9 Å². The Hall–Kier alpha value is -2.09. The number of aliphatic hydroxyl groups is 1. The third kappa shape index (κ3) is 3.62. The lowest BCUT2D eigenvalue weighted by molar-refractivity contribution is 0.0754. The number of nitrogens with zero attached hydrogens (tertiary/aromatic N) is 1. The summed E-state index contributed by atoms with van der Waals surface area (Å²) in [4.78, 5) is 0. The molecule has 0 aliphatic rings. The highest BCUT2D eigenvalue weighted by Gasteiger charge is 2.38. The van der Waals surface area contributed by atoms with Gasteiger partial charge in [-0.25, -0.2) is 12.8 Å². The maximum Gasteiger partial charge on any atom is 0.229 e. The molecule has 8 heteroatoms. The first kappa shape index (κ1) is 20.6. The van der Waals surface area contributed by atoms with Crippen LogP contribution in [0.25, 0.3) is 10.9 Å². The van der Waals surface area contributed by atoms with Crippen molar-refractivity contribution in [2.75, 3.05) is 11.0 Å². The van der Waals surface area contributed by atoms with Gasteiger partial charge in [0.05, 0.1) is 29.1 Å². The number of aliphatic hydroxyl groups excluding tert-OH is 1. The summed E-state index contributed by atoms with van der Waals surface area (Å²) in [5, 5.41) is 11.9. The molecule has 0 aliphatic heterocycles. The van der Waals surface area contributed by atoms with E-state index in [4.69, 9.17) is 11.6 Å². The Morgan fingerprint density at radius 1 is 1.25 bits per heavy atom. The Morgan fingerprint density at radius 2 is 1.89 bits per heavy atom. The number of nitrogens with one attached hydrogen (secondary N) is 1. The number of halogens is 2. The van der Waals surface area contributed by atoms with E-state index in [1.807, 2.05) is 19.1 Å². The molecule has 0 amide bonds. The van der Waals surface area contributed by atoms with Crippen molar-refractivity contribution in [3.63, 3.8) is 0 Å². The van der Waals surface area contributed by atoms with Crippen LogP contribution in [0, 0.1) is 5.82 Å². The van der Waals surface area contributed by atoms with E-state index in [0.29, 0.717) is 22.3 Å². The zero-order chi connectivity index (χ0) is 20.7. The van der Waals surface area contributed by atoms with Crippen molar-refractivity contribution in [3.05, 3.63) is 65.1 Å². The number of sulfonamides is 1. The van der Waals surface area contributed by atoms with E-state index < -0.39 is 27.5 Å². The molecule has 2 aromatic carbocycles. The van der Waals surface area contributed by atoms with Crippen molar-refractivity contribution in [1.29, 1.82) is 0 Å². The molecular formula is C20H22ClFN2O3S. The molecule has 5 nitrogen and oxygen atoms in total. The molecule has 3 rings (SSSR count). The van der Waals surface area contributed by atoms with Gasteiger partial charge in [-0.1, -0.05) is 30.7 Å². The topological polar surface area (TPSA) is 71.3 Å². The van der Waals surface area contributed by atoms with Crippen LogP contribution in [0.1, 0.15) is 25.8 Å². The number of hydrogen-bond donors (Lipinski definition) is 2. The van der Waals surface area contributed by atoms with Gasteiger partial charge in [-0.2, -0.15) is 0 Å². The van der Waals surface area contributed by atoms with Gasteiger partial charge in [0.1, 0.15) is 5.82 Å². The Bertz CT molecular complexity index is 1110. The molecule has 2 N–H and O–H groups in total. The summed E-state index contributed by atoms with van der Waals surface area (Å²) >= 11 is 6.02. The van der Waals surface area contributed by atoms with Gasteiger partial charge in [0.15, 0.2) is 0 Å². The predicted molar refractivity (Wildman–Crippen MR) is 111 cm³/mol. The van der Waals surface area contributed by atoms with Gasteiger partial charge < -0.3 is 9.67 Å². The number of fused-ring (bicyclic) bond motifs is 1. The maximum absolute atomic E-state index is 14.4. The van der Waals surface area contributed by atoms with Crippen molar-refractivity contribution in [1.82, 2.24) is 4.57 Å². The molecule has 0 radical (unpaired) electrons. The standard InChI is InChI=1S/C20H22ClFN2O3S/c1-4-20(13(2)25,14-5-7-15(21)8-6-14)24-10-9-17-18(23-28(3,26)27)11-16(22)12-19(17)24/h5-13,23,25H,4H2,1-3H3. The molecule has 0 saturated carbocycles. The zero-order valence-corrected chi connectivity index (χ0v) is 17.4. The predicted octanol–water partition coefficient (Wildman–Crippen LogP) is 4.34. The van der Waals surface area contributed by atoms with Crippen LogP contribution in [0.5, 0.6) is 0 Å². The lowest BCUT2D eigenvalue weighted by atomic mass is 9.82. The Kier molecular flexibility index (Phi) is 5.44. The molecule has 28 heavy (non-hydrogen) atoms. The van der Waals surface area contributed by atoms with Gasteiger partial charge in [0, 0.05) is 16.6 Å². The summed E-state index contributed by atoms with van der Waals surface area (Å²) < 4.78 is 41.9. The Balaban J connectivity index is 2.31. The van der Waals surface area contributed by atoms with E-state index in [9.17, 15) is 17.9 Å². The Labute approximate surface area is 168 Å². The van der Waals surface area contributed by atoms with Crippen LogP contribution in [0.2, 0.25) is 5.02 Å². The van der Waals surface area contributed by atoms with Crippen molar-refractivity contribution >= 4 is 38.2 Å². The molecule has 2 unspecified atom stereocenters. The molecule has 0 spiro atoms. The van der Waals surface area contributed by atoms with Crippen LogP contribution in [0.3, 0.4) is 0 Å². The van der Waals surface area contributed by atoms with Gasteiger partial charge >= 0.3 is 0 Å². The van der Waals surface area contributed by atoms with Crippen LogP contribution < -0.4 is 4.72 Å². The van der Waals surface area contributed by atoms with Gasteiger partial charge in [-0.3, -0.25) is 4.72 Å². The van der Waals surface area contributed by atoms with E-state index >= 15 is 0 Å².